The molecule has 1 saturated heterocycles. The van der Waals surface area contributed by atoms with Gasteiger partial charge in [-0.15, -0.1) is 11.8 Å². The first-order valence-corrected chi connectivity index (χ1v) is 9.53. The Morgan fingerprint density at radius 2 is 1.71 bits per heavy atom. The minimum atomic E-state index is 0.0727. The van der Waals surface area contributed by atoms with E-state index in [1.165, 1.54) is 29.0 Å². The fourth-order valence-electron chi connectivity index (χ4n) is 2.85. The summed E-state index contributed by atoms with van der Waals surface area (Å²) in [5.74, 6) is 0.865. The van der Waals surface area contributed by atoms with Gasteiger partial charge in [0.05, 0.1) is 0 Å². The molecule has 1 amide bonds. The molecule has 0 saturated carbocycles. The predicted molar refractivity (Wildman–Crippen MR) is 103 cm³/mol. The lowest BCUT2D eigenvalue weighted by Gasteiger charge is -2.17. The first-order chi connectivity index (χ1) is 11.7. The first-order valence-electron chi connectivity index (χ1n) is 8.55. The fourth-order valence-corrected chi connectivity index (χ4v) is 3.70. The minimum absolute atomic E-state index is 0.0727. The number of carbonyl (C=O) groups is 1. The molecule has 3 rings (SSSR count). The lowest BCUT2D eigenvalue weighted by atomic mass is 10.2. The van der Waals surface area contributed by atoms with E-state index in [4.69, 9.17) is 0 Å². The van der Waals surface area contributed by atoms with E-state index >= 15 is 0 Å². The number of hydrogen-bond acceptors (Lipinski definition) is 3. The third-order valence-corrected chi connectivity index (χ3v) is 5.25. The average Bonchev–Trinajstić information content (AvgIpc) is 3.12. The van der Waals surface area contributed by atoms with Gasteiger partial charge in [-0.2, -0.15) is 0 Å². The van der Waals surface area contributed by atoms with Gasteiger partial charge in [-0.25, -0.2) is 0 Å². The molecule has 0 atom stereocenters. The molecular formula is C20H24N2OS. The van der Waals surface area contributed by atoms with Crippen molar-refractivity contribution in [3.05, 3.63) is 54.1 Å². The van der Waals surface area contributed by atoms with Crippen LogP contribution in [0.1, 0.15) is 24.8 Å². The van der Waals surface area contributed by atoms with Crippen molar-refractivity contribution in [3.63, 3.8) is 0 Å². The van der Waals surface area contributed by atoms with Crippen molar-refractivity contribution in [1.29, 1.82) is 0 Å². The van der Waals surface area contributed by atoms with E-state index in [0.29, 0.717) is 6.42 Å². The first kappa shape index (κ1) is 16.9. The number of aryl methyl sites for hydroxylation is 1. The van der Waals surface area contributed by atoms with E-state index in [-0.39, 0.29) is 5.91 Å². The molecule has 1 aliphatic rings. The van der Waals surface area contributed by atoms with Crippen molar-refractivity contribution in [3.8, 4) is 0 Å². The van der Waals surface area contributed by atoms with Crippen LogP contribution in [0.4, 0.5) is 11.4 Å². The molecule has 1 N–H and O–H groups in total. The van der Waals surface area contributed by atoms with Crippen molar-refractivity contribution < 1.29 is 4.79 Å². The third-order valence-electron chi connectivity index (χ3n) is 4.24. The van der Waals surface area contributed by atoms with Crippen LogP contribution in [0, 0.1) is 6.92 Å². The van der Waals surface area contributed by atoms with Crippen molar-refractivity contribution in [1.82, 2.24) is 0 Å². The van der Waals surface area contributed by atoms with Crippen LogP contribution in [0.2, 0.25) is 0 Å². The Bertz CT molecular complexity index is 661. The molecule has 126 valence electrons. The summed E-state index contributed by atoms with van der Waals surface area (Å²) in [7, 11) is 0. The fraction of sp³-hybridized carbons (Fsp3) is 0.350. The molecule has 3 nitrogen and oxygen atoms in total. The van der Waals surface area contributed by atoms with Crippen LogP contribution in [-0.4, -0.2) is 24.7 Å². The van der Waals surface area contributed by atoms with E-state index < -0.39 is 0 Å². The number of nitrogens with zero attached hydrogens (tertiary/aromatic N) is 1. The van der Waals surface area contributed by atoms with Crippen molar-refractivity contribution in [2.75, 3.05) is 29.1 Å². The van der Waals surface area contributed by atoms with Crippen molar-refractivity contribution in [2.24, 2.45) is 0 Å². The summed E-state index contributed by atoms with van der Waals surface area (Å²) in [5, 5.41) is 2.98. The van der Waals surface area contributed by atoms with Crippen LogP contribution in [-0.2, 0) is 4.79 Å². The number of nitrogens with one attached hydrogen (secondary N) is 1. The zero-order valence-electron chi connectivity index (χ0n) is 14.1. The number of thioether (sulfide) groups is 1. The van der Waals surface area contributed by atoms with Crippen LogP contribution in [0.25, 0.3) is 0 Å². The van der Waals surface area contributed by atoms with Gasteiger partial charge in [0.15, 0.2) is 0 Å². The van der Waals surface area contributed by atoms with Gasteiger partial charge in [-0.3, -0.25) is 4.79 Å². The average molecular weight is 340 g/mol. The van der Waals surface area contributed by atoms with Crippen LogP contribution in [0.5, 0.6) is 0 Å². The maximum Gasteiger partial charge on any atom is 0.225 e. The van der Waals surface area contributed by atoms with Gasteiger partial charge in [0, 0.05) is 41.5 Å². The quantitative estimate of drug-likeness (QED) is 0.773. The molecule has 0 unspecified atom stereocenters. The van der Waals surface area contributed by atoms with Gasteiger partial charge >= 0.3 is 0 Å². The topological polar surface area (TPSA) is 32.3 Å². The summed E-state index contributed by atoms with van der Waals surface area (Å²) in [4.78, 5) is 15.7. The largest absolute Gasteiger partial charge is 0.372 e. The van der Waals surface area contributed by atoms with Crippen LogP contribution < -0.4 is 10.2 Å². The molecule has 4 heteroatoms. The van der Waals surface area contributed by atoms with E-state index in [9.17, 15) is 4.79 Å². The van der Waals surface area contributed by atoms with Crippen LogP contribution in [0.3, 0.4) is 0 Å². The number of hydrogen-bond donors (Lipinski definition) is 1. The Hall–Kier alpha value is -1.94. The molecule has 0 radical (unpaired) electrons. The number of amides is 1. The number of rotatable bonds is 6. The molecule has 1 heterocycles. The summed E-state index contributed by atoms with van der Waals surface area (Å²) in [6, 6.07) is 16.6. The molecule has 0 aromatic heterocycles. The van der Waals surface area contributed by atoms with E-state index in [1.54, 1.807) is 11.8 Å². The number of benzene rings is 2. The Morgan fingerprint density at radius 1 is 1.04 bits per heavy atom. The normalized spacial score (nSPS) is 14.0. The van der Waals surface area contributed by atoms with Gasteiger partial charge < -0.3 is 10.2 Å². The molecule has 1 fully saturated rings. The smallest absolute Gasteiger partial charge is 0.225 e. The lowest BCUT2D eigenvalue weighted by molar-refractivity contribution is -0.115. The highest BCUT2D eigenvalue weighted by molar-refractivity contribution is 7.99. The molecule has 1 aliphatic heterocycles. The molecule has 0 bridgehead atoms. The second-order valence-electron chi connectivity index (χ2n) is 6.20. The van der Waals surface area contributed by atoms with E-state index in [2.05, 4.69) is 53.5 Å². The van der Waals surface area contributed by atoms with Crippen LogP contribution >= 0.6 is 11.8 Å². The lowest BCUT2D eigenvalue weighted by Crippen LogP contribution is -2.17. The molecule has 2 aromatic carbocycles. The van der Waals surface area contributed by atoms with Gasteiger partial charge in [0.2, 0.25) is 5.91 Å². The van der Waals surface area contributed by atoms with E-state index in [1.807, 2.05) is 12.1 Å². The predicted octanol–water partition coefficient (Wildman–Crippen LogP) is 4.72. The summed E-state index contributed by atoms with van der Waals surface area (Å²) < 4.78 is 0. The molecule has 2 aromatic rings. The Balaban J connectivity index is 1.43. The highest BCUT2D eigenvalue weighted by Crippen LogP contribution is 2.23. The number of anilines is 2. The van der Waals surface area contributed by atoms with Crippen molar-refractivity contribution >= 4 is 29.0 Å². The molecular weight excluding hydrogens is 316 g/mol. The van der Waals surface area contributed by atoms with Crippen LogP contribution in [0.15, 0.2) is 53.4 Å². The highest BCUT2D eigenvalue weighted by Gasteiger charge is 2.12. The van der Waals surface area contributed by atoms with E-state index in [0.717, 1.165) is 24.5 Å². The molecule has 0 spiro atoms. The SMILES string of the molecule is Cc1ccc(SCCC(=O)Nc2ccc(N3CCCC3)cc2)cc1. The number of carbonyl (C=O) groups excluding carboxylic acids is 1. The summed E-state index contributed by atoms with van der Waals surface area (Å²) in [5.41, 5.74) is 3.39. The van der Waals surface area contributed by atoms with Gasteiger partial charge in [0.25, 0.3) is 0 Å². The summed E-state index contributed by atoms with van der Waals surface area (Å²) in [6.45, 7) is 4.36. The maximum absolute atomic E-state index is 12.1. The van der Waals surface area contributed by atoms with Crippen molar-refractivity contribution in [2.45, 2.75) is 31.1 Å². The second-order valence-corrected chi connectivity index (χ2v) is 7.37. The monoisotopic (exact) mass is 340 g/mol. The standard InChI is InChI=1S/C20H24N2OS/c1-16-4-10-19(11-5-16)24-15-12-20(23)21-17-6-8-18(9-7-17)22-13-2-3-14-22/h4-11H,2-3,12-15H2,1H3,(H,21,23). The maximum atomic E-state index is 12.1. The highest BCUT2D eigenvalue weighted by atomic mass is 32.2. The molecule has 0 aliphatic carbocycles. The zero-order valence-corrected chi connectivity index (χ0v) is 14.9. The minimum Gasteiger partial charge on any atom is -0.372 e. The Morgan fingerprint density at radius 3 is 2.38 bits per heavy atom. The summed E-state index contributed by atoms with van der Waals surface area (Å²) >= 11 is 1.72. The third kappa shape index (κ3) is 4.78. The van der Waals surface area contributed by atoms with Gasteiger partial charge in [-0.1, -0.05) is 17.7 Å². The second kappa shape index (κ2) is 8.25. The Kier molecular flexibility index (Phi) is 5.81. The van der Waals surface area contributed by atoms with Gasteiger partial charge in [-0.05, 0) is 56.2 Å². The summed E-state index contributed by atoms with van der Waals surface area (Å²) in [6.07, 6.45) is 3.07. The molecule has 24 heavy (non-hydrogen) atoms. The Labute approximate surface area is 148 Å². The van der Waals surface area contributed by atoms with Gasteiger partial charge in [0.1, 0.15) is 0 Å². The zero-order chi connectivity index (χ0) is 16.8.